The van der Waals surface area contributed by atoms with Crippen LogP contribution in [-0.2, 0) is 14.0 Å². The highest BCUT2D eigenvalue weighted by Gasteiger charge is 2.47. The number of Topliss-reactive ketones (excluding diaryl/α,β-unsaturated/α-hetero) is 1. The van der Waals surface area contributed by atoms with Crippen LogP contribution in [0.15, 0.2) is 72.0 Å². The Bertz CT molecular complexity index is 1450. The summed E-state index contributed by atoms with van der Waals surface area (Å²) in [6, 6.07) is 14.4. The molecule has 1 aliphatic rings. The largest absolute Gasteiger partial charge is 0.573 e. The van der Waals surface area contributed by atoms with Crippen molar-refractivity contribution in [2.45, 2.75) is 63.0 Å². The van der Waals surface area contributed by atoms with Crippen LogP contribution in [0.3, 0.4) is 0 Å². The highest BCUT2D eigenvalue weighted by molar-refractivity contribution is 14.1. The van der Waals surface area contributed by atoms with E-state index in [9.17, 15) is 22.8 Å². The van der Waals surface area contributed by atoms with E-state index < -0.39 is 35.4 Å². The number of rotatable bonds is 8. The Morgan fingerprint density at radius 3 is 2.07 bits per heavy atom. The summed E-state index contributed by atoms with van der Waals surface area (Å²) in [4.78, 5) is 29.5. The van der Waals surface area contributed by atoms with E-state index in [4.69, 9.17) is 4.74 Å². The molecule has 1 aromatic heterocycles. The Balaban J connectivity index is 1.90. The van der Waals surface area contributed by atoms with Crippen LogP contribution >= 0.6 is 22.6 Å². The summed E-state index contributed by atoms with van der Waals surface area (Å²) in [7, 11) is 0. The van der Waals surface area contributed by atoms with E-state index >= 15 is 0 Å². The number of alkyl halides is 4. The lowest BCUT2D eigenvalue weighted by molar-refractivity contribution is -0.274. The first-order valence-corrected chi connectivity index (χ1v) is 14.4. The third-order valence-electron chi connectivity index (χ3n) is 6.20. The molecule has 0 fully saturated rings. The molecule has 41 heavy (non-hydrogen) atoms. The van der Waals surface area contributed by atoms with Gasteiger partial charge in [-0.15, -0.1) is 18.3 Å². The molecule has 7 nitrogen and oxygen atoms in total. The van der Waals surface area contributed by atoms with Crippen molar-refractivity contribution in [3.8, 4) is 5.75 Å². The van der Waals surface area contributed by atoms with Crippen molar-refractivity contribution in [2.24, 2.45) is 0 Å². The molecule has 2 aromatic carbocycles. The number of aromatic nitrogens is 2. The molecule has 1 aliphatic heterocycles. The first-order valence-electron chi connectivity index (χ1n) is 12.8. The van der Waals surface area contributed by atoms with Crippen LogP contribution in [0.25, 0.3) is 0 Å². The number of ether oxygens (including phenoxy) is 2. The maximum absolute atomic E-state index is 14.2. The third kappa shape index (κ3) is 7.06. The number of anilines is 1. The number of halogens is 4. The van der Waals surface area contributed by atoms with E-state index in [0.717, 1.165) is 17.7 Å². The predicted octanol–water partition coefficient (Wildman–Crippen LogP) is 7.47. The van der Waals surface area contributed by atoms with E-state index in [-0.39, 0.29) is 23.1 Å². The standard InChI is InChI=1S/C30H29F3IN3O4/c1-17(2)18-6-8-20(9-7-18)26(38)24-25(19-10-13-22(14-11-19)40-30(31,32)33)37(23-15-12-21(16-34)35-36-23)28(39)27(24)41-29(3,4)5/h6-15,17,25H,16H2,1-5H3. The zero-order valence-corrected chi connectivity index (χ0v) is 25.3. The minimum atomic E-state index is -4.87. The van der Waals surface area contributed by atoms with Gasteiger partial charge >= 0.3 is 6.36 Å². The van der Waals surface area contributed by atoms with E-state index in [0.29, 0.717) is 21.2 Å². The molecule has 2 heterocycles. The van der Waals surface area contributed by atoms with Gasteiger partial charge in [-0.2, -0.15) is 5.10 Å². The Hall–Kier alpha value is -3.48. The number of hydrogen-bond acceptors (Lipinski definition) is 6. The van der Waals surface area contributed by atoms with E-state index in [1.54, 1.807) is 45.0 Å². The maximum atomic E-state index is 14.2. The van der Waals surface area contributed by atoms with E-state index in [1.165, 1.54) is 17.0 Å². The van der Waals surface area contributed by atoms with Crippen LogP contribution in [0.2, 0.25) is 0 Å². The molecule has 0 bridgehead atoms. The van der Waals surface area contributed by atoms with Crippen molar-refractivity contribution in [3.63, 3.8) is 0 Å². The molecule has 1 atom stereocenters. The summed E-state index contributed by atoms with van der Waals surface area (Å²) in [6.45, 7) is 9.33. The van der Waals surface area contributed by atoms with Gasteiger partial charge in [0.05, 0.1) is 17.3 Å². The summed E-state index contributed by atoms with van der Waals surface area (Å²) >= 11 is 2.14. The third-order valence-corrected chi connectivity index (χ3v) is 6.98. The Kier molecular flexibility index (Phi) is 8.76. The minimum Gasteiger partial charge on any atom is -0.482 e. The molecule has 11 heteroatoms. The average molecular weight is 679 g/mol. The first kappa shape index (κ1) is 30.5. The van der Waals surface area contributed by atoms with Crippen LogP contribution in [0.1, 0.15) is 73.8 Å². The lowest BCUT2D eigenvalue weighted by Gasteiger charge is -2.26. The maximum Gasteiger partial charge on any atom is 0.573 e. The number of nitrogens with zero attached hydrogens (tertiary/aromatic N) is 3. The van der Waals surface area contributed by atoms with Crippen molar-refractivity contribution < 1.29 is 32.2 Å². The molecule has 0 N–H and O–H groups in total. The van der Waals surface area contributed by atoms with Crippen molar-refractivity contribution in [2.75, 3.05) is 4.90 Å². The smallest absolute Gasteiger partial charge is 0.482 e. The monoisotopic (exact) mass is 679 g/mol. The van der Waals surface area contributed by atoms with Gasteiger partial charge in [-0.25, -0.2) is 0 Å². The van der Waals surface area contributed by atoms with Gasteiger partial charge in [0, 0.05) is 9.99 Å². The number of carbonyl (C=O) groups is 2. The fourth-order valence-corrected chi connectivity index (χ4v) is 4.77. The van der Waals surface area contributed by atoms with Gasteiger partial charge in [0.25, 0.3) is 5.91 Å². The van der Waals surface area contributed by atoms with Crippen LogP contribution < -0.4 is 9.64 Å². The summed E-state index contributed by atoms with van der Waals surface area (Å²) in [5.74, 6) is -1.24. The number of carbonyl (C=O) groups excluding carboxylic acids is 2. The van der Waals surface area contributed by atoms with Crippen LogP contribution in [-0.4, -0.2) is 33.9 Å². The molecule has 1 unspecified atom stereocenters. The molecule has 0 spiro atoms. The van der Waals surface area contributed by atoms with Crippen molar-refractivity contribution >= 4 is 40.1 Å². The van der Waals surface area contributed by atoms with Gasteiger partial charge in [-0.05, 0) is 62.1 Å². The second-order valence-electron chi connectivity index (χ2n) is 10.8. The zero-order valence-electron chi connectivity index (χ0n) is 23.1. The molecular weight excluding hydrogens is 650 g/mol. The normalized spacial score (nSPS) is 16.0. The summed E-state index contributed by atoms with van der Waals surface area (Å²) in [6.07, 6.45) is -4.87. The molecular formula is C30H29F3IN3O4. The van der Waals surface area contributed by atoms with Crippen LogP contribution in [0.4, 0.5) is 19.0 Å². The van der Waals surface area contributed by atoms with E-state index in [1.807, 2.05) is 26.0 Å². The fraction of sp³-hybridized carbons (Fsp3) is 0.333. The highest BCUT2D eigenvalue weighted by atomic mass is 127. The van der Waals surface area contributed by atoms with Gasteiger partial charge in [-0.3, -0.25) is 14.5 Å². The van der Waals surface area contributed by atoms with Gasteiger partial charge in [0.15, 0.2) is 17.4 Å². The Morgan fingerprint density at radius 1 is 0.951 bits per heavy atom. The zero-order chi connectivity index (χ0) is 30.1. The predicted molar refractivity (Wildman–Crippen MR) is 156 cm³/mol. The second-order valence-corrected chi connectivity index (χ2v) is 11.5. The topological polar surface area (TPSA) is 81.6 Å². The quantitative estimate of drug-likeness (QED) is 0.140. The number of ketones is 1. The highest BCUT2D eigenvalue weighted by Crippen LogP contribution is 2.44. The Morgan fingerprint density at radius 2 is 1.59 bits per heavy atom. The molecule has 0 saturated carbocycles. The molecule has 0 saturated heterocycles. The van der Waals surface area contributed by atoms with Crippen molar-refractivity contribution in [3.05, 3.63) is 94.4 Å². The van der Waals surface area contributed by atoms with Gasteiger partial charge < -0.3 is 9.47 Å². The molecule has 216 valence electrons. The lowest BCUT2D eigenvalue weighted by Crippen LogP contribution is -2.33. The van der Waals surface area contributed by atoms with Gasteiger partial charge in [0.2, 0.25) is 0 Å². The Labute approximate surface area is 249 Å². The number of amides is 1. The SMILES string of the molecule is CC(C)c1ccc(C(=O)C2=C(OC(C)(C)C)C(=O)N(c3ccc(CI)nn3)C2c2ccc(OC(F)(F)F)cc2)cc1. The van der Waals surface area contributed by atoms with Crippen LogP contribution in [0, 0.1) is 0 Å². The summed E-state index contributed by atoms with van der Waals surface area (Å²) in [5, 5.41) is 8.41. The number of benzene rings is 2. The second kappa shape index (κ2) is 11.8. The molecule has 0 aliphatic carbocycles. The molecule has 0 radical (unpaired) electrons. The van der Waals surface area contributed by atoms with Crippen molar-refractivity contribution in [1.82, 2.24) is 10.2 Å². The van der Waals surface area contributed by atoms with Gasteiger partial charge in [-0.1, -0.05) is 72.8 Å². The van der Waals surface area contributed by atoms with Crippen molar-refractivity contribution in [1.29, 1.82) is 0 Å². The summed E-state index contributed by atoms with van der Waals surface area (Å²) < 4.78 is 49.2. The molecule has 4 rings (SSSR count). The van der Waals surface area contributed by atoms with E-state index in [2.05, 4.69) is 37.5 Å². The molecule has 3 aromatic rings. The lowest BCUT2D eigenvalue weighted by atomic mass is 9.91. The fourth-order valence-electron chi connectivity index (χ4n) is 4.36. The minimum absolute atomic E-state index is 0.0477. The van der Waals surface area contributed by atoms with Crippen LogP contribution in [0.5, 0.6) is 5.75 Å². The number of hydrogen-bond donors (Lipinski definition) is 0. The first-order chi connectivity index (χ1) is 19.2. The molecule has 1 amide bonds. The van der Waals surface area contributed by atoms with Gasteiger partial charge in [0.1, 0.15) is 11.4 Å². The average Bonchev–Trinajstić information content (AvgIpc) is 3.18. The summed E-state index contributed by atoms with van der Waals surface area (Å²) in [5.41, 5.74) is 1.62.